The Morgan fingerprint density at radius 2 is 2.12 bits per heavy atom. The topological polar surface area (TPSA) is 35.8 Å². The Morgan fingerprint density at radius 3 is 2.65 bits per heavy atom. The molecule has 0 aliphatic heterocycles. The maximum atomic E-state index is 8.71. The second-order valence-electron chi connectivity index (χ2n) is 4.02. The highest BCUT2D eigenvalue weighted by Crippen LogP contribution is 2.26. The standard InChI is InChI=1S/C13H16Cl2N2/c1-3-11(6-7-16)17-9(2)12-5-4-10(14)8-13(12)15/h4-5,8-9,11,17H,3,6H2,1-2H3. The third kappa shape index (κ3) is 4.20. The minimum Gasteiger partial charge on any atom is -0.306 e. The smallest absolute Gasteiger partial charge is 0.0638 e. The van der Waals surface area contributed by atoms with Crippen LogP contribution in [0.2, 0.25) is 10.0 Å². The van der Waals surface area contributed by atoms with Gasteiger partial charge in [0.25, 0.3) is 0 Å². The average molecular weight is 271 g/mol. The van der Waals surface area contributed by atoms with E-state index in [0.717, 1.165) is 12.0 Å². The summed E-state index contributed by atoms with van der Waals surface area (Å²) in [6, 6.07) is 7.97. The summed E-state index contributed by atoms with van der Waals surface area (Å²) in [5, 5.41) is 13.4. The summed E-state index contributed by atoms with van der Waals surface area (Å²) in [6.45, 7) is 4.10. The minimum atomic E-state index is 0.109. The molecule has 0 saturated heterocycles. The van der Waals surface area contributed by atoms with Gasteiger partial charge in [-0.15, -0.1) is 0 Å². The van der Waals surface area contributed by atoms with Crippen molar-refractivity contribution in [3.63, 3.8) is 0 Å². The van der Waals surface area contributed by atoms with Crippen molar-refractivity contribution >= 4 is 23.2 Å². The molecule has 0 aliphatic carbocycles. The molecular formula is C13H16Cl2N2. The lowest BCUT2D eigenvalue weighted by atomic mass is 10.1. The Hall–Kier alpha value is -0.750. The molecule has 0 aromatic heterocycles. The predicted molar refractivity (Wildman–Crippen MR) is 72.3 cm³/mol. The van der Waals surface area contributed by atoms with Gasteiger partial charge in [-0.25, -0.2) is 0 Å². The lowest BCUT2D eigenvalue weighted by molar-refractivity contribution is 0.448. The molecule has 0 amide bonds. The van der Waals surface area contributed by atoms with E-state index in [2.05, 4.69) is 18.3 Å². The normalized spacial score (nSPS) is 14.1. The van der Waals surface area contributed by atoms with Crippen LogP contribution in [0, 0.1) is 11.3 Å². The molecule has 1 N–H and O–H groups in total. The third-order valence-corrected chi connectivity index (χ3v) is 3.31. The van der Waals surface area contributed by atoms with Gasteiger partial charge in [0.1, 0.15) is 0 Å². The molecule has 17 heavy (non-hydrogen) atoms. The summed E-state index contributed by atoms with van der Waals surface area (Å²) in [7, 11) is 0. The van der Waals surface area contributed by atoms with Crippen molar-refractivity contribution in [2.45, 2.75) is 38.8 Å². The van der Waals surface area contributed by atoms with E-state index in [9.17, 15) is 0 Å². The van der Waals surface area contributed by atoms with Crippen molar-refractivity contribution in [1.82, 2.24) is 5.32 Å². The molecule has 0 heterocycles. The number of nitriles is 1. The number of hydrogen-bond donors (Lipinski definition) is 1. The van der Waals surface area contributed by atoms with Crippen LogP contribution in [0.25, 0.3) is 0 Å². The minimum absolute atomic E-state index is 0.109. The maximum Gasteiger partial charge on any atom is 0.0638 e. The Kier molecular flexibility index (Phi) is 5.77. The molecule has 0 radical (unpaired) electrons. The highest BCUT2D eigenvalue weighted by atomic mass is 35.5. The first kappa shape index (κ1) is 14.3. The van der Waals surface area contributed by atoms with Crippen molar-refractivity contribution in [2.24, 2.45) is 0 Å². The van der Waals surface area contributed by atoms with Gasteiger partial charge in [0, 0.05) is 22.1 Å². The van der Waals surface area contributed by atoms with Gasteiger partial charge in [0.05, 0.1) is 12.5 Å². The summed E-state index contributed by atoms with van der Waals surface area (Å²) in [6.07, 6.45) is 1.43. The SMILES string of the molecule is CCC(CC#N)NC(C)c1ccc(Cl)cc1Cl. The number of hydrogen-bond acceptors (Lipinski definition) is 2. The Bertz CT molecular complexity index is 412. The average Bonchev–Trinajstić information content (AvgIpc) is 2.28. The van der Waals surface area contributed by atoms with E-state index in [1.54, 1.807) is 6.07 Å². The van der Waals surface area contributed by atoms with Crippen LogP contribution < -0.4 is 5.32 Å². The number of benzene rings is 1. The predicted octanol–water partition coefficient (Wildman–Crippen LogP) is 4.34. The number of halogens is 2. The number of nitrogens with zero attached hydrogens (tertiary/aromatic N) is 1. The molecule has 92 valence electrons. The summed E-state index contributed by atoms with van der Waals surface area (Å²) >= 11 is 12.0. The zero-order chi connectivity index (χ0) is 12.8. The maximum absolute atomic E-state index is 8.71. The van der Waals surface area contributed by atoms with Crippen LogP contribution in [0.4, 0.5) is 0 Å². The molecule has 1 aromatic carbocycles. The van der Waals surface area contributed by atoms with E-state index < -0.39 is 0 Å². The first-order valence-corrected chi connectivity index (χ1v) is 6.42. The highest BCUT2D eigenvalue weighted by Gasteiger charge is 2.14. The molecule has 1 rings (SSSR count). The molecule has 1 aromatic rings. The van der Waals surface area contributed by atoms with Gasteiger partial charge in [-0.1, -0.05) is 36.2 Å². The van der Waals surface area contributed by atoms with Gasteiger partial charge in [0.2, 0.25) is 0 Å². The zero-order valence-corrected chi connectivity index (χ0v) is 11.5. The molecule has 2 atom stereocenters. The fourth-order valence-electron chi connectivity index (χ4n) is 1.73. The molecular weight excluding hydrogens is 255 g/mol. The van der Waals surface area contributed by atoms with Crippen LogP contribution in [0.5, 0.6) is 0 Å². The summed E-state index contributed by atoms with van der Waals surface area (Å²) in [5.74, 6) is 0. The Morgan fingerprint density at radius 1 is 1.41 bits per heavy atom. The first-order valence-electron chi connectivity index (χ1n) is 5.66. The molecule has 2 unspecified atom stereocenters. The lowest BCUT2D eigenvalue weighted by Crippen LogP contribution is -2.30. The van der Waals surface area contributed by atoms with Crippen LogP contribution in [-0.2, 0) is 0 Å². The van der Waals surface area contributed by atoms with Gasteiger partial charge in [0.15, 0.2) is 0 Å². The lowest BCUT2D eigenvalue weighted by Gasteiger charge is -2.21. The van der Waals surface area contributed by atoms with Gasteiger partial charge in [-0.05, 0) is 31.0 Å². The molecule has 0 saturated carbocycles. The van der Waals surface area contributed by atoms with Crippen LogP contribution in [0.3, 0.4) is 0 Å². The second-order valence-corrected chi connectivity index (χ2v) is 4.87. The van der Waals surface area contributed by atoms with Gasteiger partial charge >= 0.3 is 0 Å². The molecule has 0 fully saturated rings. The summed E-state index contributed by atoms with van der Waals surface area (Å²) in [5.41, 5.74) is 1.01. The van der Waals surface area contributed by atoms with Crippen LogP contribution in [0.1, 0.15) is 38.3 Å². The van der Waals surface area contributed by atoms with E-state index in [-0.39, 0.29) is 12.1 Å². The van der Waals surface area contributed by atoms with Crippen molar-refractivity contribution in [2.75, 3.05) is 0 Å². The molecule has 0 bridgehead atoms. The molecule has 0 aliphatic rings. The highest BCUT2D eigenvalue weighted by molar-refractivity contribution is 6.35. The fraction of sp³-hybridized carbons (Fsp3) is 0.462. The molecule has 4 heteroatoms. The molecule has 2 nitrogen and oxygen atoms in total. The van der Waals surface area contributed by atoms with Crippen LogP contribution in [-0.4, -0.2) is 6.04 Å². The fourth-order valence-corrected chi connectivity index (χ4v) is 2.30. The van der Waals surface area contributed by atoms with E-state index in [0.29, 0.717) is 16.5 Å². The quantitative estimate of drug-likeness (QED) is 0.864. The van der Waals surface area contributed by atoms with Crippen molar-refractivity contribution in [1.29, 1.82) is 5.26 Å². The first-order chi connectivity index (χ1) is 8.08. The van der Waals surface area contributed by atoms with Crippen molar-refractivity contribution in [3.8, 4) is 6.07 Å². The summed E-state index contributed by atoms with van der Waals surface area (Å²) in [4.78, 5) is 0. The second kappa shape index (κ2) is 6.86. The van der Waals surface area contributed by atoms with Gasteiger partial charge < -0.3 is 5.32 Å². The van der Waals surface area contributed by atoms with Crippen LogP contribution >= 0.6 is 23.2 Å². The van der Waals surface area contributed by atoms with E-state index in [1.165, 1.54) is 0 Å². The van der Waals surface area contributed by atoms with E-state index in [4.69, 9.17) is 28.5 Å². The third-order valence-electron chi connectivity index (χ3n) is 2.75. The number of nitrogens with one attached hydrogen (secondary N) is 1. The zero-order valence-electron chi connectivity index (χ0n) is 10.0. The Balaban J connectivity index is 2.75. The van der Waals surface area contributed by atoms with E-state index >= 15 is 0 Å². The number of rotatable bonds is 5. The van der Waals surface area contributed by atoms with Gasteiger partial charge in [-0.3, -0.25) is 0 Å². The van der Waals surface area contributed by atoms with Crippen molar-refractivity contribution in [3.05, 3.63) is 33.8 Å². The largest absolute Gasteiger partial charge is 0.306 e. The van der Waals surface area contributed by atoms with Crippen LogP contribution in [0.15, 0.2) is 18.2 Å². The van der Waals surface area contributed by atoms with Crippen molar-refractivity contribution < 1.29 is 0 Å². The monoisotopic (exact) mass is 270 g/mol. The molecule has 0 spiro atoms. The van der Waals surface area contributed by atoms with Gasteiger partial charge in [-0.2, -0.15) is 5.26 Å². The Labute approximate surface area is 113 Å². The summed E-state index contributed by atoms with van der Waals surface area (Å²) < 4.78 is 0. The van der Waals surface area contributed by atoms with E-state index in [1.807, 2.05) is 19.1 Å².